The van der Waals surface area contributed by atoms with Crippen LogP contribution in [0.5, 0.6) is 5.75 Å². The van der Waals surface area contributed by atoms with Gasteiger partial charge in [-0.3, -0.25) is 23.8 Å². The Hall–Kier alpha value is -3.25. The van der Waals surface area contributed by atoms with Gasteiger partial charge in [-0.1, -0.05) is 42.2 Å². The van der Waals surface area contributed by atoms with Crippen molar-refractivity contribution in [1.29, 1.82) is 0 Å². The standard InChI is InChI=1S/C28H31N5O4S2/c1-19-4-3-10-32-24(19)29-25(31-14-12-30(13-15-31)16-17-34)22(26(32)35)18-23-27(36)33(28(38)39-23)11-9-20-5-7-21(37-2)8-6-20/h3-8,10,18,34H,9,11-17H2,1-2H3. The van der Waals surface area contributed by atoms with Crippen molar-refractivity contribution >= 4 is 51.7 Å². The maximum atomic E-state index is 13.8. The molecule has 0 radical (unpaired) electrons. The molecule has 9 nitrogen and oxygen atoms in total. The molecule has 2 aliphatic heterocycles. The van der Waals surface area contributed by atoms with Gasteiger partial charge in [-0.25, -0.2) is 4.98 Å². The molecule has 1 amide bonds. The Kier molecular flexibility index (Phi) is 8.31. The Morgan fingerprint density at radius 2 is 1.85 bits per heavy atom. The molecule has 3 aromatic rings. The number of aromatic nitrogens is 2. The Bertz CT molecular complexity index is 1480. The number of anilines is 1. The number of β-amino-alcohol motifs (C(OH)–C–C–N with tert-alkyl or cyclic N) is 1. The van der Waals surface area contributed by atoms with Crippen molar-refractivity contribution in [1.82, 2.24) is 19.2 Å². The number of rotatable bonds is 8. The van der Waals surface area contributed by atoms with Crippen LogP contribution in [0.2, 0.25) is 0 Å². The number of pyridine rings is 1. The lowest BCUT2D eigenvalue weighted by atomic mass is 10.1. The van der Waals surface area contributed by atoms with Crippen LogP contribution >= 0.6 is 24.0 Å². The van der Waals surface area contributed by atoms with Gasteiger partial charge in [0.2, 0.25) is 0 Å². The second-order valence-electron chi connectivity index (χ2n) is 9.52. The van der Waals surface area contributed by atoms with Crippen LogP contribution in [-0.2, 0) is 11.2 Å². The van der Waals surface area contributed by atoms with E-state index in [0.29, 0.717) is 58.9 Å². The molecule has 0 spiro atoms. The second-order valence-corrected chi connectivity index (χ2v) is 11.2. The molecule has 2 fully saturated rings. The molecule has 5 rings (SSSR count). The molecule has 1 aromatic carbocycles. The SMILES string of the molecule is COc1ccc(CCN2C(=O)C(=Cc3c(N4CCN(CCO)CC4)nc4c(C)cccn4c3=O)SC2=S)cc1. The van der Waals surface area contributed by atoms with Crippen LogP contribution in [0, 0.1) is 6.92 Å². The van der Waals surface area contributed by atoms with Gasteiger partial charge in [0.15, 0.2) is 0 Å². The Balaban J connectivity index is 1.45. The maximum Gasteiger partial charge on any atom is 0.267 e. The number of piperazine rings is 1. The van der Waals surface area contributed by atoms with Crippen molar-refractivity contribution in [3.8, 4) is 5.75 Å². The van der Waals surface area contributed by atoms with Crippen LogP contribution in [0.1, 0.15) is 16.7 Å². The first-order valence-electron chi connectivity index (χ1n) is 12.9. The van der Waals surface area contributed by atoms with E-state index in [2.05, 4.69) is 9.80 Å². The number of fused-ring (bicyclic) bond motifs is 1. The van der Waals surface area contributed by atoms with E-state index in [0.717, 1.165) is 30.0 Å². The first-order chi connectivity index (χ1) is 18.9. The minimum Gasteiger partial charge on any atom is -0.497 e. The molecule has 4 heterocycles. The number of hydrogen-bond acceptors (Lipinski definition) is 9. The van der Waals surface area contributed by atoms with E-state index in [1.165, 1.54) is 16.2 Å². The summed E-state index contributed by atoms with van der Waals surface area (Å²) in [6, 6.07) is 11.5. The average molecular weight is 566 g/mol. The second kappa shape index (κ2) is 11.9. The van der Waals surface area contributed by atoms with E-state index in [-0.39, 0.29) is 18.1 Å². The van der Waals surface area contributed by atoms with Gasteiger partial charge in [-0.2, -0.15) is 0 Å². The highest BCUT2D eigenvalue weighted by Crippen LogP contribution is 2.34. The highest BCUT2D eigenvalue weighted by molar-refractivity contribution is 8.26. The number of amides is 1. The number of thiocarbonyl (C=S) groups is 1. The number of methoxy groups -OCH3 is 1. The van der Waals surface area contributed by atoms with Crippen LogP contribution in [-0.4, -0.2) is 87.5 Å². The van der Waals surface area contributed by atoms with Crippen LogP contribution in [0.3, 0.4) is 0 Å². The number of aryl methyl sites for hydroxylation is 1. The molecule has 1 N–H and O–H groups in total. The lowest BCUT2D eigenvalue weighted by molar-refractivity contribution is -0.122. The van der Waals surface area contributed by atoms with E-state index < -0.39 is 0 Å². The first-order valence-corrected chi connectivity index (χ1v) is 14.1. The molecule has 0 bridgehead atoms. The summed E-state index contributed by atoms with van der Waals surface area (Å²) in [6.45, 7) is 5.94. The summed E-state index contributed by atoms with van der Waals surface area (Å²) in [5, 5.41) is 9.31. The fourth-order valence-electron chi connectivity index (χ4n) is 4.85. The van der Waals surface area contributed by atoms with Crippen LogP contribution in [0.15, 0.2) is 52.3 Å². The third kappa shape index (κ3) is 5.72. The zero-order chi connectivity index (χ0) is 27.5. The van der Waals surface area contributed by atoms with Crippen LogP contribution in [0.4, 0.5) is 5.82 Å². The lowest BCUT2D eigenvalue weighted by Gasteiger charge is -2.35. The zero-order valence-electron chi connectivity index (χ0n) is 22.0. The Labute approximate surface area is 236 Å². The van der Waals surface area contributed by atoms with Crippen molar-refractivity contribution in [3.63, 3.8) is 0 Å². The van der Waals surface area contributed by atoms with Gasteiger partial charge in [-0.15, -0.1) is 0 Å². The quantitative estimate of drug-likeness (QED) is 0.327. The molecular weight excluding hydrogens is 534 g/mol. The highest BCUT2D eigenvalue weighted by atomic mass is 32.2. The number of ether oxygens (including phenoxy) is 1. The minimum atomic E-state index is -0.222. The smallest absolute Gasteiger partial charge is 0.267 e. The normalized spacial score (nSPS) is 17.6. The van der Waals surface area contributed by atoms with Gasteiger partial charge in [0, 0.05) is 45.5 Å². The van der Waals surface area contributed by atoms with Gasteiger partial charge in [0.1, 0.15) is 21.5 Å². The summed E-state index contributed by atoms with van der Waals surface area (Å²) in [4.78, 5) is 38.4. The van der Waals surface area contributed by atoms with Gasteiger partial charge in [0.05, 0.1) is 24.2 Å². The molecule has 2 aliphatic rings. The van der Waals surface area contributed by atoms with Crippen molar-refractivity contribution in [2.75, 3.05) is 57.9 Å². The highest BCUT2D eigenvalue weighted by Gasteiger charge is 2.33. The van der Waals surface area contributed by atoms with E-state index in [1.54, 1.807) is 24.3 Å². The van der Waals surface area contributed by atoms with Gasteiger partial charge in [-0.05, 0) is 48.7 Å². The van der Waals surface area contributed by atoms with E-state index >= 15 is 0 Å². The third-order valence-corrected chi connectivity index (χ3v) is 8.46. The molecule has 2 aromatic heterocycles. The monoisotopic (exact) mass is 565 g/mol. The number of aliphatic hydroxyl groups is 1. The van der Waals surface area contributed by atoms with Crippen molar-refractivity contribution in [2.45, 2.75) is 13.3 Å². The molecule has 0 unspecified atom stereocenters. The number of hydrogen-bond donors (Lipinski definition) is 1. The fraction of sp³-hybridized carbons (Fsp3) is 0.357. The molecule has 0 aliphatic carbocycles. The predicted octanol–water partition coefficient (Wildman–Crippen LogP) is 2.57. The minimum absolute atomic E-state index is 0.111. The summed E-state index contributed by atoms with van der Waals surface area (Å²) >= 11 is 6.78. The maximum absolute atomic E-state index is 13.8. The largest absolute Gasteiger partial charge is 0.497 e. The Morgan fingerprint density at radius 3 is 2.54 bits per heavy atom. The van der Waals surface area contributed by atoms with E-state index in [1.807, 2.05) is 43.3 Å². The fourth-order valence-corrected chi connectivity index (χ4v) is 6.14. The van der Waals surface area contributed by atoms with Gasteiger partial charge < -0.3 is 14.7 Å². The summed E-state index contributed by atoms with van der Waals surface area (Å²) in [5.74, 6) is 1.15. The summed E-state index contributed by atoms with van der Waals surface area (Å²) < 4.78 is 7.23. The van der Waals surface area contributed by atoms with E-state index in [4.69, 9.17) is 21.9 Å². The van der Waals surface area contributed by atoms with E-state index in [9.17, 15) is 14.7 Å². The Morgan fingerprint density at radius 1 is 1.10 bits per heavy atom. The number of thioether (sulfide) groups is 1. The molecule has 39 heavy (non-hydrogen) atoms. The zero-order valence-corrected chi connectivity index (χ0v) is 23.6. The average Bonchev–Trinajstić information content (AvgIpc) is 3.21. The van der Waals surface area contributed by atoms with Crippen LogP contribution < -0.4 is 15.2 Å². The molecule has 204 valence electrons. The van der Waals surface area contributed by atoms with Crippen molar-refractivity contribution < 1.29 is 14.6 Å². The summed E-state index contributed by atoms with van der Waals surface area (Å²) in [5.41, 5.74) is 2.72. The number of carbonyl (C=O) groups is 1. The number of aliphatic hydroxyl groups excluding tert-OH is 1. The molecule has 0 saturated carbocycles. The number of carbonyl (C=O) groups excluding carboxylic acids is 1. The third-order valence-electron chi connectivity index (χ3n) is 7.08. The number of benzene rings is 1. The number of nitrogens with zero attached hydrogens (tertiary/aromatic N) is 5. The molecular formula is C28H31N5O4S2. The van der Waals surface area contributed by atoms with Crippen LogP contribution in [0.25, 0.3) is 11.7 Å². The van der Waals surface area contributed by atoms with Crippen molar-refractivity contribution in [2.24, 2.45) is 0 Å². The predicted molar refractivity (Wildman–Crippen MR) is 159 cm³/mol. The van der Waals surface area contributed by atoms with Gasteiger partial charge in [0.25, 0.3) is 11.5 Å². The van der Waals surface area contributed by atoms with Gasteiger partial charge >= 0.3 is 0 Å². The molecule has 0 atom stereocenters. The topological polar surface area (TPSA) is 90.6 Å². The summed E-state index contributed by atoms with van der Waals surface area (Å²) in [7, 11) is 1.63. The first kappa shape index (κ1) is 27.3. The molecule has 2 saturated heterocycles. The molecule has 11 heteroatoms. The lowest BCUT2D eigenvalue weighted by Crippen LogP contribution is -2.48. The van der Waals surface area contributed by atoms with Crippen molar-refractivity contribution in [3.05, 3.63) is 74.5 Å². The summed E-state index contributed by atoms with van der Waals surface area (Å²) in [6.07, 6.45) is 4.01.